The van der Waals surface area contributed by atoms with Crippen molar-refractivity contribution >= 4 is 44.5 Å². The molecule has 0 atom stereocenters. The van der Waals surface area contributed by atoms with Crippen LogP contribution in [0.15, 0.2) is 86.9 Å². The van der Waals surface area contributed by atoms with Gasteiger partial charge < -0.3 is 0 Å². The first-order valence-corrected chi connectivity index (χ1v) is 12.7. The summed E-state index contributed by atoms with van der Waals surface area (Å²) in [5.74, 6) is -0.336. The molecule has 1 heterocycles. The van der Waals surface area contributed by atoms with Crippen LogP contribution < -0.4 is 0 Å². The number of hydrogen-bond donors (Lipinski definition) is 0. The van der Waals surface area contributed by atoms with Crippen molar-refractivity contribution in [2.24, 2.45) is 0 Å². The third-order valence-corrected chi connectivity index (χ3v) is 7.85. The van der Waals surface area contributed by atoms with Crippen molar-refractivity contribution in [1.82, 2.24) is 4.98 Å². The molecule has 0 aliphatic rings. The normalized spacial score (nSPS) is 11.6. The van der Waals surface area contributed by atoms with E-state index in [9.17, 15) is 12.8 Å². The lowest BCUT2D eigenvalue weighted by molar-refractivity contribution is 0.602. The summed E-state index contributed by atoms with van der Waals surface area (Å²) in [6.07, 6.45) is 1.18. The lowest BCUT2D eigenvalue weighted by atomic mass is 10.1. The predicted molar refractivity (Wildman–Crippen MR) is 122 cm³/mol. The zero-order chi connectivity index (χ0) is 21.3. The van der Waals surface area contributed by atoms with Gasteiger partial charge in [0, 0.05) is 21.7 Å². The van der Waals surface area contributed by atoms with E-state index in [1.54, 1.807) is 48.5 Å². The van der Waals surface area contributed by atoms with E-state index in [0.29, 0.717) is 16.3 Å². The number of aromatic nitrogens is 1. The molecular formula is C22H15ClFNO2S3. The summed E-state index contributed by atoms with van der Waals surface area (Å²) in [6.45, 7) is 0. The SMILES string of the molecule is CS(=O)(=O)c1ccccc1-c1nc(Sc2ccc(Cl)cc2)sc1-c1ccc(F)cc1. The van der Waals surface area contributed by atoms with E-state index in [1.165, 1.54) is 41.5 Å². The van der Waals surface area contributed by atoms with Crippen LogP contribution in [0.5, 0.6) is 0 Å². The van der Waals surface area contributed by atoms with Gasteiger partial charge in [0.1, 0.15) is 5.82 Å². The van der Waals surface area contributed by atoms with Crippen LogP contribution in [0.1, 0.15) is 0 Å². The van der Waals surface area contributed by atoms with E-state index in [1.807, 2.05) is 12.1 Å². The van der Waals surface area contributed by atoms with E-state index in [4.69, 9.17) is 16.6 Å². The molecule has 4 aromatic rings. The van der Waals surface area contributed by atoms with Gasteiger partial charge in [-0.3, -0.25) is 0 Å². The molecule has 0 saturated heterocycles. The second kappa shape index (κ2) is 8.51. The number of nitrogens with zero attached hydrogens (tertiary/aromatic N) is 1. The van der Waals surface area contributed by atoms with Crippen molar-refractivity contribution in [2.45, 2.75) is 14.1 Å². The second-order valence-electron chi connectivity index (χ2n) is 6.49. The smallest absolute Gasteiger partial charge is 0.176 e. The molecule has 0 spiro atoms. The Kier molecular flexibility index (Phi) is 5.97. The Morgan fingerprint density at radius 2 is 1.63 bits per heavy atom. The highest BCUT2D eigenvalue weighted by atomic mass is 35.5. The lowest BCUT2D eigenvalue weighted by Crippen LogP contribution is -2.00. The van der Waals surface area contributed by atoms with Gasteiger partial charge in [-0.1, -0.05) is 53.7 Å². The first-order chi connectivity index (χ1) is 14.3. The maximum Gasteiger partial charge on any atom is 0.176 e. The summed E-state index contributed by atoms with van der Waals surface area (Å²) >= 11 is 8.86. The van der Waals surface area contributed by atoms with Gasteiger partial charge in [-0.15, -0.1) is 11.3 Å². The van der Waals surface area contributed by atoms with Crippen molar-refractivity contribution in [3.8, 4) is 21.7 Å². The van der Waals surface area contributed by atoms with Crippen LogP contribution >= 0.6 is 34.7 Å². The standard InChI is InChI=1S/C22H15ClFNO2S3/c1-30(26,27)19-5-3-2-4-18(19)20-21(14-6-10-16(24)11-7-14)29-22(25-20)28-17-12-8-15(23)9-13-17/h2-13H,1H3. The summed E-state index contributed by atoms with van der Waals surface area (Å²) in [4.78, 5) is 6.71. The molecule has 0 aliphatic heterocycles. The van der Waals surface area contributed by atoms with Gasteiger partial charge in [0.15, 0.2) is 14.2 Å². The van der Waals surface area contributed by atoms with E-state index < -0.39 is 9.84 Å². The molecule has 0 saturated carbocycles. The number of benzene rings is 3. The predicted octanol–water partition coefficient (Wildman–Crippen LogP) is 6.82. The molecule has 0 aliphatic carbocycles. The summed E-state index contributed by atoms with van der Waals surface area (Å²) in [5.41, 5.74) is 1.86. The fourth-order valence-electron chi connectivity index (χ4n) is 2.91. The fourth-order valence-corrected chi connectivity index (χ4v) is 6.06. The number of rotatable bonds is 5. The average molecular weight is 476 g/mol. The van der Waals surface area contributed by atoms with Crippen LogP contribution in [-0.2, 0) is 9.84 Å². The van der Waals surface area contributed by atoms with Gasteiger partial charge in [0.25, 0.3) is 0 Å². The quantitative estimate of drug-likeness (QED) is 0.317. The Bertz CT molecular complexity index is 1300. The molecule has 0 fully saturated rings. The van der Waals surface area contributed by atoms with E-state index in [0.717, 1.165) is 19.7 Å². The molecule has 30 heavy (non-hydrogen) atoms. The Morgan fingerprint density at radius 3 is 2.30 bits per heavy atom. The number of halogens is 2. The van der Waals surface area contributed by atoms with Gasteiger partial charge in [-0.25, -0.2) is 17.8 Å². The Balaban J connectivity index is 1.87. The topological polar surface area (TPSA) is 47.0 Å². The second-order valence-corrected chi connectivity index (χ2v) is 11.2. The number of thiazole rings is 1. The molecule has 1 aromatic heterocycles. The molecular weight excluding hydrogens is 461 g/mol. The molecule has 152 valence electrons. The molecule has 0 N–H and O–H groups in total. The van der Waals surface area contributed by atoms with Crippen molar-refractivity contribution in [3.63, 3.8) is 0 Å². The lowest BCUT2D eigenvalue weighted by Gasteiger charge is -2.08. The van der Waals surface area contributed by atoms with Gasteiger partial charge in [-0.2, -0.15) is 0 Å². The minimum absolute atomic E-state index is 0.210. The highest BCUT2D eigenvalue weighted by Crippen LogP contribution is 2.43. The van der Waals surface area contributed by atoms with E-state index in [2.05, 4.69) is 0 Å². The highest BCUT2D eigenvalue weighted by molar-refractivity contribution is 8.01. The summed E-state index contributed by atoms with van der Waals surface area (Å²) in [5, 5.41) is 0.647. The fraction of sp³-hybridized carbons (Fsp3) is 0.0455. The van der Waals surface area contributed by atoms with Crippen LogP contribution in [0, 0.1) is 5.82 Å². The zero-order valence-corrected chi connectivity index (χ0v) is 18.9. The minimum atomic E-state index is -3.46. The van der Waals surface area contributed by atoms with Crippen LogP contribution in [-0.4, -0.2) is 19.7 Å². The zero-order valence-electron chi connectivity index (χ0n) is 15.7. The maximum atomic E-state index is 13.5. The number of sulfone groups is 1. The van der Waals surface area contributed by atoms with Crippen molar-refractivity contribution in [2.75, 3.05) is 6.26 Å². The van der Waals surface area contributed by atoms with Gasteiger partial charge >= 0.3 is 0 Å². The van der Waals surface area contributed by atoms with Crippen LogP contribution in [0.25, 0.3) is 21.7 Å². The third kappa shape index (κ3) is 4.59. The average Bonchev–Trinajstić information content (AvgIpc) is 3.13. The van der Waals surface area contributed by atoms with Crippen LogP contribution in [0.2, 0.25) is 5.02 Å². The summed E-state index contributed by atoms with van der Waals surface area (Å²) < 4.78 is 38.9. The highest BCUT2D eigenvalue weighted by Gasteiger charge is 2.21. The summed E-state index contributed by atoms with van der Waals surface area (Å²) in [6, 6.07) is 20.3. The van der Waals surface area contributed by atoms with Crippen molar-refractivity contribution < 1.29 is 12.8 Å². The molecule has 0 bridgehead atoms. The van der Waals surface area contributed by atoms with Gasteiger partial charge in [0.05, 0.1) is 15.5 Å². The van der Waals surface area contributed by atoms with Crippen molar-refractivity contribution in [1.29, 1.82) is 0 Å². The largest absolute Gasteiger partial charge is 0.229 e. The third-order valence-electron chi connectivity index (χ3n) is 4.27. The molecule has 4 rings (SSSR count). The van der Waals surface area contributed by atoms with Crippen molar-refractivity contribution in [3.05, 3.63) is 83.6 Å². The van der Waals surface area contributed by atoms with Gasteiger partial charge in [-0.05, 0) is 48.0 Å². The summed E-state index contributed by atoms with van der Waals surface area (Å²) in [7, 11) is -3.46. The van der Waals surface area contributed by atoms with E-state index >= 15 is 0 Å². The Morgan fingerprint density at radius 1 is 0.967 bits per heavy atom. The number of hydrogen-bond acceptors (Lipinski definition) is 5. The molecule has 0 amide bonds. The molecule has 0 unspecified atom stereocenters. The van der Waals surface area contributed by atoms with Gasteiger partial charge in [0.2, 0.25) is 0 Å². The minimum Gasteiger partial charge on any atom is -0.229 e. The first-order valence-electron chi connectivity index (χ1n) is 8.81. The molecule has 3 nitrogen and oxygen atoms in total. The molecule has 3 aromatic carbocycles. The van der Waals surface area contributed by atoms with Crippen LogP contribution in [0.3, 0.4) is 0 Å². The Labute approximate surface area is 187 Å². The Hall–Kier alpha value is -2.19. The maximum absolute atomic E-state index is 13.5. The monoisotopic (exact) mass is 475 g/mol. The molecule has 8 heteroatoms. The molecule has 0 radical (unpaired) electrons. The first kappa shape index (κ1) is 21.1. The van der Waals surface area contributed by atoms with E-state index in [-0.39, 0.29) is 10.7 Å². The van der Waals surface area contributed by atoms with Crippen LogP contribution in [0.4, 0.5) is 4.39 Å².